The minimum absolute atomic E-state index is 0.0952. The highest BCUT2D eigenvalue weighted by atomic mass is 19.1. The number of rotatable bonds is 5. The number of hydrogen-bond acceptors (Lipinski definition) is 4. The molecule has 1 saturated heterocycles. The van der Waals surface area contributed by atoms with Crippen molar-refractivity contribution in [1.29, 1.82) is 0 Å². The van der Waals surface area contributed by atoms with Gasteiger partial charge in [-0.05, 0) is 31.4 Å². The normalized spacial score (nSPS) is 26.2. The Morgan fingerprint density at radius 2 is 2.08 bits per heavy atom. The zero-order valence-electron chi connectivity index (χ0n) is 13.9. The number of nitrogens with two attached hydrogens (primary N) is 1. The van der Waals surface area contributed by atoms with E-state index in [0.717, 1.165) is 19.3 Å². The van der Waals surface area contributed by atoms with E-state index < -0.39 is 6.04 Å². The number of nitrogens with zero attached hydrogens (tertiary/aromatic N) is 1. The van der Waals surface area contributed by atoms with Crippen LogP contribution in [-0.2, 0) is 9.53 Å². The monoisotopic (exact) mass is 335 g/mol. The number of carbonyl (C=O) groups is 1. The molecule has 1 heterocycles. The molecule has 1 aliphatic heterocycles. The van der Waals surface area contributed by atoms with Crippen LogP contribution in [0.15, 0.2) is 24.3 Å². The Bertz CT molecular complexity index is 563. The number of benzene rings is 1. The molecule has 2 aliphatic rings. The molecule has 3 atom stereocenters. The van der Waals surface area contributed by atoms with Gasteiger partial charge in [0.25, 0.3) is 0 Å². The molecule has 0 spiro atoms. The molecule has 1 aromatic carbocycles. The molecule has 3 N–H and O–H groups in total. The SMILES string of the molecule is NCC1CCCC1NC(=O)C(c1ccccc1F)N1CCOCC1. The fourth-order valence-electron chi connectivity index (χ4n) is 3.81. The summed E-state index contributed by atoms with van der Waals surface area (Å²) in [5.41, 5.74) is 6.25. The van der Waals surface area contributed by atoms with Gasteiger partial charge >= 0.3 is 0 Å². The van der Waals surface area contributed by atoms with Crippen LogP contribution in [0.1, 0.15) is 30.9 Å². The van der Waals surface area contributed by atoms with Crippen molar-refractivity contribution in [2.24, 2.45) is 11.7 Å². The van der Waals surface area contributed by atoms with E-state index >= 15 is 0 Å². The van der Waals surface area contributed by atoms with Crippen LogP contribution in [-0.4, -0.2) is 49.7 Å². The molecule has 1 saturated carbocycles. The summed E-state index contributed by atoms with van der Waals surface area (Å²) in [7, 11) is 0. The number of hydrogen-bond donors (Lipinski definition) is 2. The second kappa shape index (κ2) is 8.05. The summed E-state index contributed by atoms with van der Waals surface area (Å²) >= 11 is 0. The van der Waals surface area contributed by atoms with Gasteiger partial charge in [-0.15, -0.1) is 0 Å². The van der Waals surface area contributed by atoms with E-state index in [9.17, 15) is 9.18 Å². The first-order chi connectivity index (χ1) is 11.7. The molecule has 1 aromatic rings. The first-order valence-corrected chi connectivity index (χ1v) is 8.77. The Morgan fingerprint density at radius 3 is 2.79 bits per heavy atom. The quantitative estimate of drug-likeness (QED) is 0.854. The lowest BCUT2D eigenvalue weighted by Crippen LogP contribution is -2.49. The fraction of sp³-hybridized carbons (Fsp3) is 0.611. The van der Waals surface area contributed by atoms with E-state index in [1.807, 2.05) is 4.90 Å². The molecule has 1 aliphatic carbocycles. The van der Waals surface area contributed by atoms with E-state index in [0.29, 0.717) is 44.3 Å². The van der Waals surface area contributed by atoms with Gasteiger partial charge in [0, 0.05) is 24.7 Å². The lowest BCUT2D eigenvalue weighted by Gasteiger charge is -2.35. The summed E-state index contributed by atoms with van der Waals surface area (Å²) in [5, 5.41) is 3.13. The van der Waals surface area contributed by atoms with Crippen LogP contribution in [0.5, 0.6) is 0 Å². The molecule has 3 rings (SSSR count). The van der Waals surface area contributed by atoms with E-state index in [4.69, 9.17) is 10.5 Å². The Balaban J connectivity index is 1.81. The lowest BCUT2D eigenvalue weighted by molar-refractivity contribution is -0.129. The van der Waals surface area contributed by atoms with Crippen molar-refractivity contribution in [2.45, 2.75) is 31.3 Å². The molecule has 3 unspecified atom stereocenters. The van der Waals surface area contributed by atoms with Crippen molar-refractivity contribution in [3.05, 3.63) is 35.6 Å². The predicted octanol–water partition coefficient (Wildman–Crippen LogP) is 1.44. The fourth-order valence-corrected chi connectivity index (χ4v) is 3.81. The maximum atomic E-state index is 14.4. The highest BCUT2D eigenvalue weighted by Gasteiger charge is 2.34. The number of nitrogens with one attached hydrogen (secondary N) is 1. The molecule has 1 amide bonds. The van der Waals surface area contributed by atoms with Gasteiger partial charge in [0.2, 0.25) is 5.91 Å². The Labute approximate surface area is 142 Å². The third-order valence-electron chi connectivity index (χ3n) is 5.15. The third kappa shape index (κ3) is 3.77. The van der Waals surface area contributed by atoms with Crippen LogP contribution in [0.4, 0.5) is 4.39 Å². The van der Waals surface area contributed by atoms with Gasteiger partial charge in [0.15, 0.2) is 0 Å². The molecule has 6 heteroatoms. The average Bonchev–Trinajstić information content (AvgIpc) is 3.05. The minimum atomic E-state index is -0.617. The second-order valence-electron chi connectivity index (χ2n) is 6.61. The minimum Gasteiger partial charge on any atom is -0.379 e. The van der Waals surface area contributed by atoms with Crippen LogP contribution in [0, 0.1) is 11.7 Å². The molecule has 5 nitrogen and oxygen atoms in total. The van der Waals surface area contributed by atoms with Crippen LogP contribution in [0.3, 0.4) is 0 Å². The number of amides is 1. The van der Waals surface area contributed by atoms with Crippen molar-refractivity contribution < 1.29 is 13.9 Å². The summed E-state index contributed by atoms with van der Waals surface area (Å²) in [6.45, 7) is 2.95. The van der Waals surface area contributed by atoms with Crippen LogP contribution in [0.25, 0.3) is 0 Å². The van der Waals surface area contributed by atoms with E-state index in [1.54, 1.807) is 18.2 Å². The van der Waals surface area contributed by atoms with Crippen molar-refractivity contribution >= 4 is 5.91 Å². The van der Waals surface area contributed by atoms with Gasteiger partial charge < -0.3 is 15.8 Å². The summed E-state index contributed by atoms with van der Waals surface area (Å²) in [4.78, 5) is 15.0. The molecule has 0 aromatic heterocycles. The Hall–Kier alpha value is -1.50. The van der Waals surface area contributed by atoms with E-state index in [2.05, 4.69) is 5.32 Å². The van der Waals surface area contributed by atoms with Gasteiger partial charge in [-0.2, -0.15) is 0 Å². The van der Waals surface area contributed by atoms with Gasteiger partial charge in [-0.1, -0.05) is 24.6 Å². The maximum Gasteiger partial charge on any atom is 0.242 e. The van der Waals surface area contributed by atoms with Crippen LogP contribution < -0.4 is 11.1 Å². The first kappa shape index (κ1) is 17.3. The van der Waals surface area contributed by atoms with Gasteiger partial charge in [0.1, 0.15) is 11.9 Å². The van der Waals surface area contributed by atoms with Crippen molar-refractivity contribution in [1.82, 2.24) is 10.2 Å². The highest BCUT2D eigenvalue weighted by molar-refractivity contribution is 5.83. The predicted molar refractivity (Wildman–Crippen MR) is 89.9 cm³/mol. The van der Waals surface area contributed by atoms with Crippen molar-refractivity contribution in [3.8, 4) is 0 Å². The number of carbonyl (C=O) groups excluding carboxylic acids is 1. The largest absolute Gasteiger partial charge is 0.379 e. The molecule has 0 radical (unpaired) electrons. The van der Waals surface area contributed by atoms with Crippen LogP contribution >= 0.6 is 0 Å². The molecule has 132 valence electrons. The highest BCUT2D eigenvalue weighted by Crippen LogP contribution is 2.28. The molecular formula is C18H26FN3O2. The second-order valence-corrected chi connectivity index (χ2v) is 6.61. The summed E-state index contributed by atoms with van der Waals surface area (Å²) in [5.74, 6) is -0.154. The average molecular weight is 335 g/mol. The molecular weight excluding hydrogens is 309 g/mol. The third-order valence-corrected chi connectivity index (χ3v) is 5.15. The standard InChI is InChI=1S/C18H26FN3O2/c19-15-6-2-1-5-14(15)17(22-8-10-24-11-9-22)18(23)21-16-7-3-4-13(16)12-20/h1-2,5-6,13,16-17H,3-4,7-12,20H2,(H,21,23). The first-order valence-electron chi connectivity index (χ1n) is 8.77. The molecule has 2 fully saturated rings. The lowest BCUT2D eigenvalue weighted by atomic mass is 10.00. The van der Waals surface area contributed by atoms with Crippen molar-refractivity contribution in [2.75, 3.05) is 32.8 Å². The van der Waals surface area contributed by atoms with Gasteiger partial charge in [-0.3, -0.25) is 9.69 Å². The number of morpholine rings is 1. The summed E-state index contributed by atoms with van der Waals surface area (Å²) in [6.07, 6.45) is 3.07. The number of halogens is 1. The van der Waals surface area contributed by atoms with E-state index in [-0.39, 0.29) is 17.8 Å². The number of ether oxygens (including phenoxy) is 1. The summed E-state index contributed by atoms with van der Waals surface area (Å²) in [6, 6.07) is 6.01. The summed E-state index contributed by atoms with van der Waals surface area (Å²) < 4.78 is 19.7. The van der Waals surface area contributed by atoms with Gasteiger partial charge in [-0.25, -0.2) is 4.39 Å². The molecule has 24 heavy (non-hydrogen) atoms. The van der Waals surface area contributed by atoms with Crippen molar-refractivity contribution in [3.63, 3.8) is 0 Å². The van der Waals surface area contributed by atoms with Crippen LogP contribution in [0.2, 0.25) is 0 Å². The topological polar surface area (TPSA) is 67.6 Å². The van der Waals surface area contributed by atoms with Gasteiger partial charge in [0.05, 0.1) is 13.2 Å². The molecule has 0 bridgehead atoms. The van der Waals surface area contributed by atoms with E-state index in [1.165, 1.54) is 6.07 Å². The Morgan fingerprint density at radius 1 is 1.33 bits per heavy atom. The zero-order chi connectivity index (χ0) is 16.9. The zero-order valence-corrected chi connectivity index (χ0v) is 13.9. The maximum absolute atomic E-state index is 14.4. The smallest absolute Gasteiger partial charge is 0.242 e. The Kier molecular flexibility index (Phi) is 5.81.